The van der Waals surface area contributed by atoms with Gasteiger partial charge in [0.1, 0.15) is 18.1 Å². The Kier molecular flexibility index (Phi) is 6.33. The van der Waals surface area contributed by atoms with Crippen molar-refractivity contribution in [3.8, 4) is 5.75 Å². The van der Waals surface area contributed by atoms with Gasteiger partial charge >= 0.3 is 10.4 Å². The molecule has 2 aromatic carbocycles. The van der Waals surface area contributed by atoms with Crippen LogP contribution in [-0.4, -0.2) is 21.8 Å². The maximum atomic E-state index is 11.4. The topological polar surface area (TPSA) is 87.9 Å². The zero-order chi connectivity index (χ0) is 17.6. The second-order valence-electron chi connectivity index (χ2n) is 5.28. The zero-order valence-electron chi connectivity index (χ0n) is 13.6. The van der Waals surface area contributed by atoms with Gasteiger partial charge in [-0.3, -0.25) is 4.18 Å². The van der Waals surface area contributed by atoms with E-state index in [9.17, 15) is 8.42 Å². The number of rotatable bonds is 8. The molecular formula is C17H21NO5S. The Bertz CT molecular complexity index is 731. The zero-order valence-corrected chi connectivity index (χ0v) is 14.4. The van der Waals surface area contributed by atoms with Gasteiger partial charge in [-0.05, 0) is 24.6 Å². The third-order valence-corrected chi connectivity index (χ3v) is 4.25. The smallest absolute Gasteiger partial charge is 0.401 e. The van der Waals surface area contributed by atoms with E-state index in [1.54, 1.807) is 0 Å². The molecule has 0 radical (unpaired) electrons. The van der Waals surface area contributed by atoms with Gasteiger partial charge in [-0.1, -0.05) is 48.0 Å². The predicted octanol–water partition coefficient (Wildman–Crippen LogP) is 2.70. The first kappa shape index (κ1) is 18.4. The van der Waals surface area contributed by atoms with Crippen LogP contribution in [0.5, 0.6) is 5.75 Å². The summed E-state index contributed by atoms with van der Waals surface area (Å²) in [6.45, 7) is 1.98. The predicted molar refractivity (Wildman–Crippen MR) is 90.6 cm³/mol. The molecule has 6 nitrogen and oxygen atoms in total. The van der Waals surface area contributed by atoms with Crippen LogP contribution in [0.3, 0.4) is 0 Å². The number of nitrogens with two attached hydrogens (primary N) is 1. The minimum atomic E-state index is -4.11. The standard InChI is InChI=1S/C17H21NO5S/c1-13-8-10-15(11-9-13)22-16(14-6-4-3-5-7-14)12-17(18)23-24(19,20)21-2/h3-11,16-17H,12,18H2,1-2H3. The summed E-state index contributed by atoms with van der Waals surface area (Å²) in [6, 6.07) is 17.0. The maximum Gasteiger partial charge on any atom is 0.401 e. The first-order chi connectivity index (χ1) is 11.4. The minimum absolute atomic E-state index is 0.139. The highest BCUT2D eigenvalue weighted by molar-refractivity contribution is 7.81. The van der Waals surface area contributed by atoms with Crippen LogP contribution >= 0.6 is 0 Å². The Morgan fingerprint density at radius 1 is 1.04 bits per heavy atom. The van der Waals surface area contributed by atoms with Gasteiger partial charge in [-0.2, -0.15) is 8.42 Å². The molecule has 24 heavy (non-hydrogen) atoms. The average molecular weight is 351 g/mol. The van der Waals surface area contributed by atoms with Crippen LogP contribution in [0.4, 0.5) is 0 Å². The third kappa shape index (κ3) is 5.61. The molecule has 0 aromatic heterocycles. The highest BCUT2D eigenvalue weighted by Gasteiger charge is 2.22. The van der Waals surface area contributed by atoms with E-state index >= 15 is 0 Å². The molecule has 0 aliphatic carbocycles. The first-order valence-corrected chi connectivity index (χ1v) is 8.75. The number of ether oxygens (including phenoxy) is 1. The number of hydrogen-bond donors (Lipinski definition) is 1. The van der Waals surface area contributed by atoms with E-state index in [0.717, 1.165) is 18.2 Å². The Morgan fingerprint density at radius 3 is 2.25 bits per heavy atom. The Balaban J connectivity index is 2.15. The van der Waals surface area contributed by atoms with Crippen LogP contribution in [0.15, 0.2) is 54.6 Å². The van der Waals surface area contributed by atoms with Crippen molar-refractivity contribution in [3.05, 3.63) is 65.7 Å². The molecule has 2 unspecified atom stereocenters. The van der Waals surface area contributed by atoms with Gasteiger partial charge in [-0.15, -0.1) is 0 Å². The molecule has 2 N–H and O–H groups in total. The monoisotopic (exact) mass is 351 g/mol. The molecule has 2 aromatic rings. The Morgan fingerprint density at radius 2 is 1.67 bits per heavy atom. The molecule has 7 heteroatoms. The van der Waals surface area contributed by atoms with Gasteiger partial charge in [0.25, 0.3) is 0 Å². The largest absolute Gasteiger partial charge is 0.486 e. The fourth-order valence-corrected chi connectivity index (χ4v) is 2.60. The highest BCUT2D eigenvalue weighted by atomic mass is 32.3. The summed E-state index contributed by atoms with van der Waals surface area (Å²) in [5.74, 6) is 0.663. The normalized spacial score (nSPS) is 14.1. The van der Waals surface area contributed by atoms with Crippen molar-refractivity contribution in [2.24, 2.45) is 5.73 Å². The summed E-state index contributed by atoms with van der Waals surface area (Å²) in [7, 11) is -3.09. The summed E-state index contributed by atoms with van der Waals surface area (Å²) in [6.07, 6.45) is -1.41. The summed E-state index contributed by atoms with van der Waals surface area (Å²) in [5, 5.41) is 0. The van der Waals surface area contributed by atoms with Crippen LogP contribution in [0, 0.1) is 6.92 Å². The number of hydrogen-bond acceptors (Lipinski definition) is 6. The molecule has 0 saturated carbocycles. The molecule has 0 saturated heterocycles. The number of benzene rings is 2. The molecule has 0 amide bonds. The lowest BCUT2D eigenvalue weighted by Gasteiger charge is -2.22. The van der Waals surface area contributed by atoms with Crippen molar-refractivity contribution in [1.29, 1.82) is 0 Å². The molecular weight excluding hydrogens is 330 g/mol. The van der Waals surface area contributed by atoms with E-state index in [0.29, 0.717) is 5.75 Å². The SMILES string of the molecule is COS(=O)(=O)OC(N)CC(Oc1ccc(C)cc1)c1ccccc1. The molecule has 2 rings (SSSR count). The fourth-order valence-electron chi connectivity index (χ4n) is 2.14. The minimum Gasteiger partial charge on any atom is -0.486 e. The summed E-state index contributed by atoms with van der Waals surface area (Å²) < 4.78 is 37.7. The maximum absolute atomic E-state index is 11.4. The van der Waals surface area contributed by atoms with Crippen molar-refractivity contribution < 1.29 is 21.5 Å². The lowest BCUT2D eigenvalue weighted by molar-refractivity contribution is 0.105. The van der Waals surface area contributed by atoms with E-state index in [1.165, 1.54) is 0 Å². The molecule has 0 fully saturated rings. The Hall–Kier alpha value is -1.93. The Labute approximate surface area is 142 Å². The van der Waals surface area contributed by atoms with E-state index in [2.05, 4.69) is 4.18 Å². The second kappa shape index (κ2) is 8.25. The van der Waals surface area contributed by atoms with Gasteiger partial charge in [0.2, 0.25) is 0 Å². The van der Waals surface area contributed by atoms with Crippen molar-refractivity contribution in [2.45, 2.75) is 25.7 Å². The van der Waals surface area contributed by atoms with Gasteiger partial charge in [-0.25, -0.2) is 4.18 Å². The quantitative estimate of drug-likeness (QED) is 0.736. The average Bonchev–Trinajstić information content (AvgIpc) is 2.56. The van der Waals surface area contributed by atoms with Crippen LogP contribution in [0.25, 0.3) is 0 Å². The van der Waals surface area contributed by atoms with Gasteiger partial charge in [0, 0.05) is 6.42 Å². The molecule has 130 valence electrons. The molecule has 0 aliphatic rings. The second-order valence-corrected chi connectivity index (χ2v) is 6.62. The summed E-state index contributed by atoms with van der Waals surface area (Å²) in [4.78, 5) is 0. The number of aryl methyl sites for hydroxylation is 1. The third-order valence-electron chi connectivity index (χ3n) is 3.36. The van der Waals surface area contributed by atoms with Crippen molar-refractivity contribution in [2.75, 3.05) is 7.11 Å². The van der Waals surface area contributed by atoms with E-state index in [1.807, 2.05) is 61.5 Å². The highest BCUT2D eigenvalue weighted by Crippen LogP contribution is 2.26. The lowest BCUT2D eigenvalue weighted by atomic mass is 10.1. The van der Waals surface area contributed by atoms with E-state index < -0.39 is 22.7 Å². The van der Waals surface area contributed by atoms with Gasteiger partial charge in [0.15, 0.2) is 0 Å². The summed E-state index contributed by atoms with van der Waals surface area (Å²) in [5.41, 5.74) is 7.77. The molecule has 0 heterocycles. The molecule has 0 spiro atoms. The first-order valence-electron chi connectivity index (χ1n) is 7.42. The molecule has 0 bridgehead atoms. The summed E-state index contributed by atoms with van der Waals surface area (Å²) >= 11 is 0. The van der Waals surface area contributed by atoms with E-state index in [-0.39, 0.29) is 6.42 Å². The van der Waals surface area contributed by atoms with E-state index in [4.69, 9.17) is 14.7 Å². The fraction of sp³-hybridized carbons (Fsp3) is 0.294. The van der Waals surface area contributed by atoms with Gasteiger partial charge < -0.3 is 10.5 Å². The van der Waals surface area contributed by atoms with Crippen LogP contribution < -0.4 is 10.5 Å². The van der Waals surface area contributed by atoms with Crippen LogP contribution in [0.2, 0.25) is 0 Å². The van der Waals surface area contributed by atoms with Gasteiger partial charge in [0.05, 0.1) is 7.11 Å². The van der Waals surface area contributed by atoms with Crippen molar-refractivity contribution >= 4 is 10.4 Å². The van der Waals surface area contributed by atoms with Crippen LogP contribution in [0.1, 0.15) is 23.7 Å². The van der Waals surface area contributed by atoms with Crippen molar-refractivity contribution in [3.63, 3.8) is 0 Å². The molecule has 0 aliphatic heterocycles. The molecule has 2 atom stereocenters. The van der Waals surface area contributed by atoms with Crippen molar-refractivity contribution in [1.82, 2.24) is 0 Å². The lowest BCUT2D eigenvalue weighted by Crippen LogP contribution is -2.31. The van der Waals surface area contributed by atoms with Crippen LogP contribution in [-0.2, 0) is 18.8 Å².